The number of amides is 1. The minimum absolute atomic E-state index is 0.0438. The number of methoxy groups -OCH3 is 1. The molecule has 4 aromatic heterocycles. The van der Waals surface area contributed by atoms with Gasteiger partial charge in [0.15, 0.2) is 0 Å². The maximum absolute atomic E-state index is 16.1. The molecule has 0 fully saturated rings. The molecule has 2 aliphatic heterocycles. The molecular weight excluding hydrogens is 634 g/mol. The molecule has 248 valence electrons. The zero-order valence-electron chi connectivity index (χ0n) is 27.3. The van der Waals surface area contributed by atoms with Gasteiger partial charge in [0.05, 0.1) is 36.1 Å². The van der Waals surface area contributed by atoms with Crippen LogP contribution in [0.1, 0.15) is 36.8 Å². The Hall–Kier alpha value is -4.52. The van der Waals surface area contributed by atoms with Gasteiger partial charge in [0.2, 0.25) is 5.91 Å². The van der Waals surface area contributed by atoms with Crippen molar-refractivity contribution in [1.82, 2.24) is 29.5 Å². The van der Waals surface area contributed by atoms with Crippen LogP contribution in [-0.4, -0.2) is 75.4 Å². The predicted octanol–water partition coefficient (Wildman–Crippen LogP) is 6.66. The summed E-state index contributed by atoms with van der Waals surface area (Å²) in [6, 6.07) is 7.63. The lowest BCUT2D eigenvalue weighted by molar-refractivity contribution is -0.131. The van der Waals surface area contributed by atoms with Crippen molar-refractivity contribution in [1.29, 1.82) is 0 Å². The van der Waals surface area contributed by atoms with E-state index in [0.29, 0.717) is 29.2 Å². The first-order valence-electron chi connectivity index (χ1n) is 15.9. The zero-order chi connectivity index (χ0) is 33.7. The number of pyridine rings is 2. The fourth-order valence-electron chi connectivity index (χ4n) is 6.91. The molecule has 2 unspecified atom stereocenters. The Labute approximate surface area is 281 Å². The standard InChI is InChI=1S/C36H36F2N6O3S/c1-6-31(45)44-20(2)18-43-29(21(44)3)16-28(41-43)35-33(32-26(38)14-24(37)15-30(32)47-11-10-46-5)36-25(8-12-48-36)34(40-35)22-13-23-19-42(4)9-7-27(23)39-17-22/h6,8,12-17,20-21H,1,7,9-11,18-19H2,2-5H3. The van der Waals surface area contributed by atoms with E-state index in [9.17, 15) is 9.18 Å². The fraction of sp³-hybridized carbons (Fsp3) is 0.333. The van der Waals surface area contributed by atoms with Crippen molar-refractivity contribution in [2.75, 3.05) is 33.9 Å². The van der Waals surface area contributed by atoms with Crippen LogP contribution in [0.2, 0.25) is 0 Å². The summed E-state index contributed by atoms with van der Waals surface area (Å²) in [4.78, 5) is 27.0. The first-order chi connectivity index (χ1) is 23.2. The van der Waals surface area contributed by atoms with Crippen LogP contribution in [0.5, 0.6) is 5.75 Å². The summed E-state index contributed by atoms with van der Waals surface area (Å²) in [5.41, 5.74) is 6.02. The Morgan fingerprint density at radius 2 is 1.98 bits per heavy atom. The van der Waals surface area contributed by atoms with E-state index >= 15 is 4.39 Å². The van der Waals surface area contributed by atoms with Crippen LogP contribution in [0.15, 0.2) is 54.6 Å². The molecule has 2 atom stereocenters. The number of fused-ring (bicyclic) bond motifs is 3. The second kappa shape index (κ2) is 12.8. The lowest BCUT2D eigenvalue weighted by Gasteiger charge is -2.38. The molecule has 7 rings (SSSR count). The van der Waals surface area contributed by atoms with E-state index in [0.717, 1.165) is 58.2 Å². The first kappa shape index (κ1) is 32.0. The van der Waals surface area contributed by atoms with Crippen molar-refractivity contribution in [3.63, 3.8) is 0 Å². The van der Waals surface area contributed by atoms with Crippen molar-refractivity contribution in [2.24, 2.45) is 0 Å². The summed E-state index contributed by atoms with van der Waals surface area (Å²) in [7, 11) is 3.62. The summed E-state index contributed by atoms with van der Waals surface area (Å²) in [5.74, 6) is -1.65. The quantitative estimate of drug-likeness (QED) is 0.135. The molecule has 0 saturated heterocycles. The third kappa shape index (κ3) is 5.57. The van der Waals surface area contributed by atoms with Crippen molar-refractivity contribution in [3.05, 3.63) is 83.1 Å². The lowest BCUT2D eigenvalue weighted by atomic mass is 9.95. The van der Waals surface area contributed by atoms with E-state index < -0.39 is 11.6 Å². The third-order valence-electron chi connectivity index (χ3n) is 9.17. The molecule has 0 saturated carbocycles. The maximum atomic E-state index is 16.1. The topological polar surface area (TPSA) is 85.6 Å². The van der Waals surface area contributed by atoms with Crippen LogP contribution in [0, 0.1) is 11.6 Å². The van der Waals surface area contributed by atoms with E-state index in [1.165, 1.54) is 30.6 Å². The SMILES string of the molecule is C=CC(=O)N1C(C)Cn2nc(-c3nc(-c4cnc5c(c4)CN(C)CC5)c4ccsc4c3-c3c(F)cc(F)cc3OCCOC)cc2C1C. The number of ether oxygens (including phenoxy) is 2. The Morgan fingerprint density at radius 1 is 1.15 bits per heavy atom. The number of halogens is 2. The number of carbonyl (C=O) groups excluding carboxylic acids is 1. The second-order valence-electron chi connectivity index (χ2n) is 12.4. The highest BCUT2D eigenvalue weighted by Crippen LogP contribution is 2.47. The molecule has 1 aromatic carbocycles. The van der Waals surface area contributed by atoms with Gasteiger partial charge in [-0.05, 0) is 56.1 Å². The van der Waals surface area contributed by atoms with E-state index in [-0.39, 0.29) is 42.5 Å². The molecule has 9 nitrogen and oxygen atoms in total. The van der Waals surface area contributed by atoms with E-state index in [1.807, 2.05) is 42.2 Å². The van der Waals surface area contributed by atoms with Crippen molar-refractivity contribution in [3.8, 4) is 39.5 Å². The van der Waals surface area contributed by atoms with Crippen molar-refractivity contribution in [2.45, 2.75) is 45.4 Å². The number of carbonyl (C=O) groups is 1. The number of hydrogen-bond donors (Lipinski definition) is 0. The second-order valence-corrected chi connectivity index (χ2v) is 13.3. The average molecular weight is 671 g/mol. The normalized spacial score (nSPS) is 17.8. The molecule has 0 spiro atoms. The Morgan fingerprint density at radius 3 is 2.77 bits per heavy atom. The molecule has 6 heterocycles. The molecule has 1 amide bonds. The van der Waals surface area contributed by atoms with Crippen LogP contribution >= 0.6 is 11.3 Å². The van der Waals surface area contributed by atoms with Crippen LogP contribution in [0.4, 0.5) is 8.78 Å². The molecule has 0 bridgehead atoms. The molecular formula is C36H36F2N6O3S. The van der Waals surface area contributed by atoms with Gasteiger partial charge in [-0.2, -0.15) is 5.10 Å². The number of thiophene rings is 1. The average Bonchev–Trinajstić information content (AvgIpc) is 3.72. The van der Waals surface area contributed by atoms with E-state index in [2.05, 4.69) is 24.6 Å². The Bertz CT molecular complexity index is 2060. The van der Waals surface area contributed by atoms with Gasteiger partial charge in [-0.1, -0.05) is 6.58 Å². The van der Waals surface area contributed by atoms with Crippen LogP contribution in [0.3, 0.4) is 0 Å². The van der Waals surface area contributed by atoms with Gasteiger partial charge in [0, 0.05) is 77.9 Å². The van der Waals surface area contributed by atoms with Crippen molar-refractivity contribution >= 4 is 27.3 Å². The highest BCUT2D eigenvalue weighted by molar-refractivity contribution is 7.18. The van der Waals surface area contributed by atoms with Gasteiger partial charge in [-0.25, -0.2) is 13.8 Å². The number of aromatic nitrogens is 4. The number of hydrogen-bond acceptors (Lipinski definition) is 8. The van der Waals surface area contributed by atoms with Gasteiger partial charge >= 0.3 is 0 Å². The summed E-state index contributed by atoms with van der Waals surface area (Å²) in [5, 5.41) is 7.75. The summed E-state index contributed by atoms with van der Waals surface area (Å²) in [6.45, 7) is 10.1. The minimum Gasteiger partial charge on any atom is -0.490 e. The van der Waals surface area contributed by atoms with Gasteiger partial charge < -0.3 is 19.3 Å². The lowest BCUT2D eigenvalue weighted by Crippen LogP contribution is -2.46. The Kier molecular flexibility index (Phi) is 8.57. The summed E-state index contributed by atoms with van der Waals surface area (Å²) >= 11 is 1.44. The van der Waals surface area contributed by atoms with Crippen LogP contribution in [-0.2, 0) is 29.0 Å². The van der Waals surface area contributed by atoms with Gasteiger partial charge in [0.1, 0.15) is 35.4 Å². The summed E-state index contributed by atoms with van der Waals surface area (Å²) < 4.78 is 44.6. The molecule has 5 aromatic rings. The van der Waals surface area contributed by atoms with Crippen LogP contribution < -0.4 is 4.74 Å². The molecule has 2 aliphatic rings. The number of rotatable bonds is 8. The maximum Gasteiger partial charge on any atom is 0.246 e. The third-order valence-corrected chi connectivity index (χ3v) is 10.1. The number of nitrogens with zero attached hydrogens (tertiary/aromatic N) is 6. The van der Waals surface area contributed by atoms with E-state index in [1.54, 1.807) is 4.90 Å². The van der Waals surface area contributed by atoms with Crippen molar-refractivity contribution < 1.29 is 23.0 Å². The smallest absolute Gasteiger partial charge is 0.246 e. The highest BCUT2D eigenvalue weighted by Gasteiger charge is 2.35. The molecule has 0 N–H and O–H groups in total. The number of benzene rings is 1. The molecule has 48 heavy (non-hydrogen) atoms. The monoisotopic (exact) mass is 670 g/mol. The van der Waals surface area contributed by atoms with Crippen LogP contribution in [0.25, 0.3) is 43.9 Å². The first-order valence-corrected chi connectivity index (χ1v) is 16.8. The molecule has 0 aliphatic carbocycles. The highest BCUT2D eigenvalue weighted by atomic mass is 32.1. The van der Waals surface area contributed by atoms with Gasteiger partial charge in [0.25, 0.3) is 0 Å². The molecule has 0 radical (unpaired) electrons. The zero-order valence-corrected chi connectivity index (χ0v) is 28.1. The summed E-state index contributed by atoms with van der Waals surface area (Å²) in [6.07, 6.45) is 4.05. The largest absolute Gasteiger partial charge is 0.490 e. The fourth-order valence-corrected chi connectivity index (χ4v) is 7.85. The van der Waals surface area contributed by atoms with E-state index in [4.69, 9.17) is 24.5 Å². The van der Waals surface area contributed by atoms with Gasteiger partial charge in [-0.15, -0.1) is 11.3 Å². The van der Waals surface area contributed by atoms with Gasteiger partial charge in [-0.3, -0.25) is 14.5 Å². The Balaban J connectivity index is 1.49. The molecule has 12 heteroatoms. The number of likely N-dealkylation sites (N-methyl/N-ethyl adjacent to an activating group) is 1. The minimum atomic E-state index is -0.778. The predicted molar refractivity (Wildman–Crippen MR) is 182 cm³/mol.